The van der Waals surface area contributed by atoms with Crippen LogP contribution in [0.15, 0.2) is 72.8 Å². The normalized spacial score (nSPS) is 14.6. The number of methoxy groups -OCH3 is 1. The molecule has 0 radical (unpaired) electrons. The number of hydrogen-bond donors (Lipinski definition) is 2. The fourth-order valence-corrected chi connectivity index (χ4v) is 5.31. The lowest BCUT2D eigenvalue weighted by Crippen LogP contribution is -2.46. The first kappa shape index (κ1) is 29.6. The monoisotopic (exact) mass is 559 g/mol. The fraction of sp³-hybridized carbons (Fsp3) is 0.344. The maximum absolute atomic E-state index is 13.5. The summed E-state index contributed by atoms with van der Waals surface area (Å²) in [6, 6.07) is 25.0. The summed E-state index contributed by atoms with van der Waals surface area (Å²) < 4.78 is 5.37. The lowest BCUT2D eigenvalue weighted by atomic mass is 10.0. The third kappa shape index (κ3) is 7.85. The first-order chi connectivity index (χ1) is 19.9. The number of aryl methyl sites for hydroxylation is 2. The summed E-state index contributed by atoms with van der Waals surface area (Å²) >= 11 is 0. The Kier molecular flexibility index (Phi) is 10.3. The molecule has 0 aliphatic carbocycles. The zero-order valence-corrected chi connectivity index (χ0v) is 23.4. The number of carboxylic acids is 2. The number of piperazine rings is 1. The molecule has 2 aliphatic rings. The summed E-state index contributed by atoms with van der Waals surface area (Å²) in [5.41, 5.74) is 5.84. The van der Waals surface area contributed by atoms with Crippen molar-refractivity contribution in [2.45, 2.75) is 32.1 Å². The molecule has 0 aromatic heterocycles. The van der Waals surface area contributed by atoms with E-state index in [1.165, 1.54) is 16.8 Å². The number of anilines is 3. The summed E-state index contributed by atoms with van der Waals surface area (Å²) in [5, 5.41) is 14.8. The molecular weight excluding hydrogens is 522 g/mol. The van der Waals surface area contributed by atoms with E-state index in [1.807, 2.05) is 23.1 Å². The number of ether oxygens (including phenoxy) is 1. The van der Waals surface area contributed by atoms with E-state index in [2.05, 4.69) is 64.4 Å². The number of para-hydroxylation sites is 2. The minimum atomic E-state index is -1.82. The summed E-state index contributed by atoms with van der Waals surface area (Å²) in [6.07, 6.45) is 4.47. The van der Waals surface area contributed by atoms with Crippen LogP contribution in [-0.4, -0.2) is 72.8 Å². The second-order valence-corrected chi connectivity index (χ2v) is 10.1. The molecule has 2 aliphatic heterocycles. The van der Waals surface area contributed by atoms with Crippen LogP contribution in [0.5, 0.6) is 5.75 Å². The van der Waals surface area contributed by atoms with E-state index < -0.39 is 11.9 Å². The molecule has 1 saturated heterocycles. The average molecular weight is 560 g/mol. The highest BCUT2D eigenvalue weighted by Crippen LogP contribution is 2.36. The van der Waals surface area contributed by atoms with Crippen LogP contribution in [0.3, 0.4) is 0 Å². The van der Waals surface area contributed by atoms with Gasteiger partial charge in [-0.15, -0.1) is 0 Å². The SMILES string of the molecule is COc1cccc(N2CCN(CCCCC(=O)N3c4ccccc4CCc4ccccc43)CC2)c1.O=C(O)C(=O)O. The van der Waals surface area contributed by atoms with Gasteiger partial charge in [-0.1, -0.05) is 42.5 Å². The van der Waals surface area contributed by atoms with Gasteiger partial charge in [0.25, 0.3) is 0 Å². The Labute approximate surface area is 240 Å². The Balaban J connectivity index is 0.000000585. The molecule has 2 N–H and O–H groups in total. The molecule has 1 fully saturated rings. The number of carbonyl (C=O) groups is 3. The van der Waals surface area contributed by atoms with Gasteiger partial charge in [0, 0.05) is 44.4 Å². The molecule has 2 heterocycles. The number of rotatable bonds is 7. The average Bonchev–Trinajstić information content (AvgIpc) is 3.17. The Morgan fingerprint density at radius 2 is 1.34 bits per heavy atom. The number of unbranched alkanes of at least 4 members (excludes halogenated alkanes) is 1. The summed E-state index contributed by atoms with van der Waals surface area (Å²) in [5.74, 6) is -2.54. The highest BCUT2D eigenvalue weighted by Gasteiger charge is 2.25. The van der Waals surface area contributed by atoms with Crippen molar-refractivity contribution in [2.24, 2.45) is 0 Å². The summed E-state index contributed by atoms with van der Waals surface area (Å²) in [7, 11) is 1.71. The highest BCUT2D eigenvalue weighted by molar-refractivity contribution is 6.27. The molecule has 0 atom stereocenters. The Morgan fingerprint density at radius 3 is 1.90 bits per heavy atom. The van der Waals surface area contributed by atoms with Crippen molar-refractivity contribution in [1.29, 1.82) is 0 Å². The van der Waals surface area contributed by atoms with Gasteiger partial charge < -0.3 is 19.8 Å². The molecule has 0 unspecified atom stereocenters. The molecular formula is C32H37N3O6. The van der Waals surface area contributed by atoms with Gasteiger partial charge in [0.15, 0.2) is 0 Å². The Bertz CT molecular complexity index is 1290. The second kappa shape index (κ2) is 14.3. The van der Waals surface area contributed by atoms with E-state index in [0.29, 0.717) is 6.42 Å². The van der Waals surface area contributed by atoms with Gasteiger partial charge in [-0.25, -0.2) is 9.59 Å². The maximum atomic E-state index is 13.5. The van der Waals surface area contributed by atoms with Crippen LogP contribution >= 0.6 is 0 Å². The molecule has 216 valence electrons. The quantitative estimate of drug-likeness (QED) is 0.319. The van der Waals surface area contributed by atoms with Crippen molar-refractivity contribution in [3.05, 3.63) is 83.9 Å². The molecule has 9 heteroatoms. The standard InChI is InChI=1S/C30H35N3O2.C2H2O4/c1-35-27-12-8-11-26(23-27)32-21-19-31(20-22-32)18-7-6-15-30(34)33-28-13-4-2-9-24(28)16-17-25-10-3-5-14-29(25)33;3-1(4)2(5)6/h2-5,8-14,23H,6-7,15-22H2,1H3;(H,3,4)(H,5,6). The van der Waals surface area contributed by atoms with E-state index in [1.54, 1.807) is 7.11 Å². The van der Waals surface area contributed by atoms with Crippen molar-refractivity contribution in [3.8, 4) is 5.75 Å². The molecule has 0 spiro atoms. The minimum absolute atomic E-state index is 0.203. The highest BCUT2D eigenvalue weighted by atomic mass is 16.5. The fourth-order valence-electron chi connectivity index (χ4n) is 5.31. The number of fused-ring (bicyclic) bond motifs is 2. The van der Waals surface area contributed by atoms with Gasteiger partial charge in [0.2, 0.25) is 5.91 Å². The van der Waals surface area contributed by atoms with Gasteiger partial charge in [0.1, 0.15) is 5.75 Å². The van der Waals surface area contributed by atoms with Gasteiger partial charge in [-0.2, -0.15) is 0 Å². The minimum Gasteiger partial charge on any atom is -0.497 e. The van der Waals surface area contributed by atoms with Gasteiger partial charge in [0.05, 0.1) is 18.5 Å². The molecule has 3 aromatic rings. The van der Waals surface area contributed by atoms with Crippen LogP contribution in [0.1, 0.15) is 30.4 Å². The van der Waals surface area contributed by atoms with Crippen molar-refractivity contribution in [3.63, 3.8) is 0 Å². The van der Waals surface area contributed by atoms with Crippen molar-refractivity contribution < 1.29 is 29.3 Å². The lowest BCUT2D eigenvalue weighted by molar-refractivity contribution is -0.159. The number of carboxylic acid groups (broad SMARTS) is 2. The number of benzene rings is 3. The molecule has 5 rings (SSSR count). The lowest BCUT2D eigenvalue weighted by Gasteiger charge is -2.36. The zero-order valence-electron chi connectivity index (χ0n) is 23.4. The third-order valence-corrected chi connectivity index (χ3v) is 7.47. The number of aliphatic carboxylic acids is 2. The predicted octanol–water partition coefficient (Wildman–Crippen LogP) is 4.61. The van der Waals surface area contributed by atoms with Crippen LogP contribution < -0.4 is 14.5 Å². The zero-order chi connectivity index (χ0) is 29.2. The van der Waals surface area contributed by atoms with E-state index in [9.17, 15) is 4.79 Å². The predicted molar refractivity (Wildman–Crippen MR) is 158 cm³/mol. The van der Waals surface area contributed by atoms with E-state index >= 15 is 0 Å². The number of hydrogen-bond acceptors (Lipinski definition) is 6. The molecule has 1 amide bonds. The first-order valence-corrected chi connectivity index (χ1v) is 13.9. The Morgan fingerprint density at radius 1 is 0.756 bits per heavy atom. The summed E-state index contributed by atoms with van der Waals surface area (Å²) in [4.78, 5) is 38.6. The van der Waals surface area contributed by atoms with E-state index in [-0.39, 0.29) is 5.91 Å². The topological polar surface area (TPSA) is 111 Å². The van der Waals surface area contributed by atoms with Crippen molar-refractivity contribution in [2.75, 3.05) is 49.6 Å². The van der Waals surface area contributed by atoms with Crippen LogP contribution in [-0.2, 0) is 27.2 Å². The molecule has 9 nitrogen and oxygen atoms in total. The first-order valence-electron chi connectivity index (χ1n) is 13.9. The van der Waals surface area contributed by atoms with Gasteiger partial charge in [-0.3, -0.25) is 14.6 Å². The van der Waals surface area contributed by atoms with Gasteiger partial charge >= 0.3 is 11.9 Å². The second-order valence-electron chi connectivity index (χ2n) is 10.1. The van der Waals surface area contributed by atoms with Crippen molar-refractivity contribution in [1.82, 2.24) is 4.90 Å². The maximum Gasteiger partial charge on any atom is 0.414 e. The third-order valence-electron chi connectivity index (χ3n) is 7.47. The van der Waals surface area contributed by atoms with Crippen LogP contribution in [0.25, 0.3) is 0 Å². The Hall–Kier alpha value is -4.37. The number of amides is 1. The van der Waals surface area contributed by atoms with Gasteiger partial charge in [-0.05, 0) is 67.6 Å². The smallest absolute Gasteiger partial charge is 0.414 e. The molecule has 0 bridgehead atoms. The number of nitrogens with zero attached hydrogens (tertiary/aromatic N) is 3. The van der Waals surface area contributed by atoms with Crippen LogP contribution in [0.2, 0.25) is 0 Å². The largest absolute Gasteiger partial charge is 0.497 e. The molecule has 41 heavy (non-hydrogen) atoms. The van der Waals surface area contributed by atoms with Crippen LogP contribution in [0.4, 0.5) is 17.1 Å². The van der Waals surface area contributed by atoms with Crippen molar-refractivity contribution >= 4 is 34.9 Å². The van der Waals surface area contributed by atoms with Crippen LogP contribution in [0, 0.1) is 0 Å². The number of carbonyl (C=O) groups excluding carboxylic acids is 1. The van der Waals surface area contributed by atoms with E-state index in [4.69, 9.17) is 24.5 Å². The molecule has 3 aromatic carbocycles. The summed E-state index contributed by atoms with van der Waals surface area (Å²) in [6.45, 7) is 5.20. The van der Waals surface area contributed by atoms with E-state index in [0.717, 1.165) is 75.5 Å². The molecule has 0 saturated carbocycles.